The number of nitrogens with zero attached hydrogens (tertiary/aromatic N) is 2. The first-order valence-electron chi connectivity index (χ1n) is 7.18. The molecule has 1 aliphatic carbocycles. The summed E-state index contributed by atoms with van der Waals surface area (Å²) in [6.45, 7) is 1.97. The van der Waals surface area contributed by atoms with Gasteiger partial charge in [-0.25, -0.2) is 9.48 Å². The normalized spacial score (nSPS) is 14.6. The number of hydrogen-bond acceptors (Lipinski definition) is 2. The summed E-state index contributed by atoms with van der Waals surface area (Å²) in [5.74, 6) is -0.963. The van der Waals surface area contributed by atoms with E-state index in [1.807, 2.05) is 25.1 Å². The lowest BCUT2D eigenvalue weighted by Gasteiger charge is -2.10. The molecule has 0 fully saturated rings. The van der Waals surface area contributed by atoms with Gasteiger partial charge in [0.2, 0.25) is 0 Å². The Kier molecular flexibility index (Phi) is 3.72. The number of hydrogen-bond donors (Lipinski definition) is 1. The molecule has 0 saturated heterocycles. The number of carboxylic acid groups (broad SMARTS) is 1. The van der Waals surface area contributed by atoms with Crippen molar-refractivity contribution >= 4 is 17.6 Å². The molecule has 0 saturated carbocycles. The fourth-order valence-electron chi connectivity index (χ4n) is 2.93. The van der Waals surface area contributed by atoms with Crippen molar-refractivity contribution in [1.82, 2.24) is 9.78 Å². The molecule has 0 bridgehead atoms. The number of carbonyl (C=O) groups is 1. The van der Waals surface area contributed by atoms with Crippen LogP contribution in [0.4, 0.5) is 0 Å². The smallest absolute Gasteiger partial charge is 0.356 e. The molecule has 0 atom stereocenters. The number of rotatable bonds is 2. The van der Waals surface area contributed by atoms with Crippen molar-refractivity contribution < 1.29 is 9.90 Å². The maximum Gasteiger partial charge on any atom is 0.356 e. The number of aromatic carboxylic acids is 1. The Bertz CT molecular complexity index is 707. The van der Waals surface area contributed by atoms with Crippen molar-refractivity contribution in [3.8, 4) is 5.69 Å². The van der Waals surface area contributed by atoms with Crippen molar-refractivity contribution in [3.05, 3.63) is 45.7 Å². The SMILES string of the molecule is Cc1ccc(-n2nc(C(=O)O)c3c2CCCCC3)c(Cl)c1. The van der Waals surface area contributed by atoms with E-state index in [1.165, 1.54) is 0 Å². The van der Waals surface area contributed by atoms with E-state index in [2.05, 4.69) is 5.10 Å². The van der Waals surface area contributed by atoms with Crippen LogP contribution in [0.5, 0.6) is 0 Å². The zero-order chi connectivity index (χ0) is 15.0. The molecule has 3 rings (SSSR count). The maximum atomic E-state index is 11.5. The standard InChI is InChI=1S/C16H17ClN2O2/c1-10-7-8-14(12(17)9-10)19-13-6-4-2-3-5-11(13)15(18-19)16(20)21/h7-9H,2-6H2,1H3,(H,20,21). The number of carboxylic acids is 1. The summed E-state index contributed by atoms with van der Waals surface area (Å²) in [7, 11) is 0. The first kappa shape index (κ1) is 14.1. The zero-order valence-electron chi connectivity index (χ0n) is 11.9. The highest BCUT2D eigenvalue weighted by Crippen LogP contribution is 2.29. The lowest BCUT2D eigenvalue weighted by molar-refractivity contribution is 0.0688. The first-order valence-corrected chi connectivity index (χ1v) is 7.56. The number of benzene rings is 1. The molecule has 4 nitrogen and oxygen atoms in total. The van der Waals surface area contributed by atoms with Crippen LogP contribution in [-0.4, -0.2) is 20.9 Å². The Morgan fingerprint density at radius 2 is 2.05 bits per heavy atom. The van der Waals surface area contributed by atoms with Crippen LogP contribution in [0, 0.1) is 6.92 Å². The summed E-state index contributed by atoms with van der Waals surface area (Å²) >= 11 is 6.33. The highest BCUT2D eigenvalue weighted by Gasteiger charge is 2.24. The van der Waals surface area contributed by atoms with Crippen LogP contribution in [0.2, 0.25) is 5.02 Å². The fraction of sp³-hybridized carbons (Fsp3) is 0.375. The van der Waals surface area contributed by atoms with Crippen molar-refractivity contribution in [2.24, 2.45) is 0 Å². The van der Waals surface area contributed by atoms with Gasteiger partial charge in [-0.2, -0.15) is 5.10 Å². The number of fused-ring (bicyclic) bond motifs is 1. The van der Waals surface area contributed by atoms with E-state index in [1.54, 1.807) is 4.68 Å². The zero-order valence-corrected chi connectivity index (χ0v) is 12.7. The Labute approximate surface area is 128 Å². The lowest BCUT2D eigenvalue weighted by atomic mass is 10.1. The maximum absolute atomic E-state index is 11.5. The van der Waals surface area contributed by atoms with Crippen LogP contribution >= 0.6 is 11.6 Å². The van der Waals surface area contributed by atoms with Crippen molar-refractivity contribution in [3.63, 3.8) is 0 Å². The minimum atomic E-state index is -0.963. The molecule has 0 spiro atoms. The second-order valence-electron chi connectivity index (χ2n) is 5.51. The summed E-state index contributed by atoms with van der Waals surface area (Å²) in [5.41, 5.74) is 3.87. The van der Waals surface area contributed by atoms with Gasteiger partial charge in [0.15, 0.2) is 5.69 Å². The number of aromatic nitrogens is 2. The van der Waals surface area contributed by atoms with E-state index in [4.69, 9.17) is 11.6 Å². The van der Waals surface area contributed by atoms with Crippen LogP contribution in [0.3, 0.4) is 0 Å². The van der Waals surface area contributed by atoms with Crippen LogP contribution in [0.15, 0.2) is 18.2 Å². The van der Waals surface area contributed by atoms with Gasteiger partial charge < -0.3 is 5.11 Å². The predicted octanol–water partition coefficient (Wildman–Crippen LogP) is 3.80. The molecular weight excluding hydrogens is 288 g/mol. The van der Waals surface area contributed by atoms with E-state index in [0.717, 1.165) is 54.6 Å². The average Bonchev–Trinajstić information content (AvgIpc) is 2.63. The van der Waals surface area contributed by atoms with Gasteiger partial charge in [-0.05, 0) is 50.3 Å². The monoisotopic (exact) mass is 304 g/mol. The summed E-state index contributed by atoms with van der Waals surface area (Å²) in [5, 5.41) is 14.3. The van der Waals surface area contributed by atoms with Gasteiger partial charge in [0.05, 0.1) is 10.7 Å². The minimum absolute atomic E-state index is 0.170. The molecule has 1 aliphatic rings. The van der Waals surface area contributed by atoms with E-state index >= 15 is 0 Å². The molecule has 1 aromatic carbocycles. The van der Waals surface area contributed by atoms with E-state index in [-0.39, 0.29) is 5.69 Å². The van der Waals surface area contributed by atoms with E-state index < -0.39 is 5.97 Å². The largest absolute Gasteiger partial charge is 0.476 e. The molecule has 21 heavy (non-hydrogen) atoms. The lowest BCUT2D eigenvalue weighted by Crippen LogP contribution is -2.05. The first-order chi connectivity index (χ1) is 10.1. The Morgan fingerprint density at radius 3 is 2.76 bits per heavy atom. The molecule has 1 N–H and O–H groups in total. The molecule has 110 valence electrons. The van der Waals surface area contributed by atoms with Crippen molar-refractivity contribution in [2.45, 2.75) is 39.0 Å². The summed E-state index contributed by atoms with van der Waals surface area (Å²) in [6.07, 6.45) is 4.82. The van der Waals surface area contributed by atoms with Crippen LogP contribution < -0.4 is 0 Å². The summed E-state index contributed by atoms with van der Waals surface area (Å²) in [6, 6.07) is 5.75. The third-order valence-electron chi connectivity index (χ3n) is 3.96. The summed E-state index contributed by atoms with van der Waals surface area (Å²) < 4.78 is 1.73. The molecular formula is C16H17ClN2O2. The van der Waals surface area contributed by atoms with Gasteiger partial charge in [-0.3, -0.25) is 0 Å². The summed E-state index contributed by atoms with van der Waals surface area (Å²) in [4.78, 5) is 11.5. The van der Waals surface area contributed by atoms with E-state index in [9.17, 15) is 9.90 Å². The Balaban J connectivity index is 2.20. The van der Waals surface area contributed by atoms with Crippen LogP contribution in [0.1, 0.15) is 46.6 Å². The second-order valence-corrected chi connectivity index (χ2v) is 5.91. The Morgan fingerprint density at radius 1 is 1.29 bits per heavy atom. The number of halogens is 1. The molecule has 0 unspecified atom stereocenters. The third-order valence-corrected chi connectivity index (χ3v) is 4.27. The van der Waals surface area contributed by atoms with Crippen molar-refractivity contribution in [1.29, 1.82) is 0 Å². The topological polar surface area (TPSA) is 55.1 Å². The van der Waals surface area contributed by atoms with Gasteiger partial charge in [0.25, 0.3) is 0 Å². The van der Waals surface area contributed by atoms with Gasteiger partial charge in [0, 0.05) is 11.3 Å². The van der Waals surface area contributed by atoms with Gasteiger partial charge in [-0.1, -0.05) is 24.1 Å². The van der Waals surface area contributed by atoms with Crippen molar-refractivity contribution in [2.75, 3.05) is 0 Å². The van der Waals surface area contributed by atoms with E-state index in [0.29, 0.717) is 5.02 Å². The fourth-order valence-corrected chi connectivity index (χ4v) is 3.25. The average molecular weight is 305 g/mol. The molecule has 1 heterocycles. The molecule has 1 aromatic heterocycles. The molecule has 2 aromatic rings. The van der Waals surface area contributed by atoms with Gasteiger partial charge in [-0.15, -0.1) is 0 Å². The molecule has 0 amide bonds. The molecule has 5 heteroatoms. The number of aryl methyl sites for hydroxylation is 1. The third kappa shape index (κ3) is 2.56. The van der Waals surface area contributed by atoms with Crippen LogP contribution in [-0.2, 0) is 12.8 Å². The highest BCUT2D eigenvalue weighted by atomic mass is 35.5. The highest BCUT2D eigenvalue weighted by molar-refractivity contribution is 6.32. The van der Waals surface area contributed by atoms with Gasteiger partial charge >= 0.3 is 5.97 Å². The quantitative estimate of drug-likeness (QED) is 0.859. The minimum Gasteiger partial charge on any atom is -0.476 e. The Hall–Kier alpha value is -1.81. The molecule has 0 radical (unpaired) electrons. The van der Waals surface area contributed by atoms with Crippen LogP contribution in [0.25, 0.3) is 5.69 Å². The second kappa shape index (κ2) is 5.53. The predicted molar refractivity (Wildman–Crippen MR) is 81.5 cm³/mol. The van der Waals surface area contributed by atoms with Gasteiger partial charge in [0.1, 0.15) is 0 Å². The molecule has 0 aliphatic heterocycles.